The number of carboxylic acids is 1. The average molecular weight is 472 g/mol. The molecular formula is C24H29N3O5S. The van der Waals surface area contributed by atoms with Gasteiger partial charge in [0.1, 0.15) is 17.9 Å². The lowest BCUT2D eigenvalue weighted by molar-refractivity contribution is -0.137. The number of aryl methyl sites for hydroxylation is 1. The van der Waals surface area contributed by atoms with Gasteiger partial charge in [0.2, 0.25) is 10.0 Å². The fourth-order valence-electron chi connectivity index (χ4n) is 4.54. The molecule has 176 valence electrons. The number of rotatable bonds is 7. The first-order valence-electron chi connectivity index (χ1n) is 11.1. The highest BCUT2D eigenvalue weighted by Crippen LogP contribution is 2.36. The number of aliphatic carboxylic acids is 1. The van der Waals surface area contributed by atoms with Crippen molar-refractivity contribution < 1.29 is 23.1 Å². The number of pyridine rings is 1. The zero-order chi connectivity index (χ0) is 23.8. The Morgan fingerprint density at radius 3 is 2.61 bits per heavy atom. The molecule has 0 radical (unpaired) electrons. The molecule has 8 nitrogen and oxygen atoms in total. The van der Waals surface area contributed by atoms with Crippen LogP contribution in [0.4, 0.5) is 0 Å². The minimum atomic E-state index is -3.61. The summed E-state index contributed by atoms with van der Waals surface area (Å²) in [7, 11) is -3.61. The first-order valence-corrected chi connectivity index (χ1v) is 12.5. The summed E-state index contributed by atoms with van der Waals surface area (Å²) in [6.45, 7) is 6.30. The van der Waals surface area contributed by atoms with E-state index < -0.39 is 16.0 Å². The zero-order valence-corrected chi connectivity index (χ0v) is 19.9. The standard InChI is InChI=1S/C24H29N3O5S/c1-16(2)32-19-6-7-22(17(3)13-19)33(30,31)27-11-8-18(9-12-27)21-14-26(15-23(28)29)24-20(21)5-4-10-25-24/h4-7,10,13-14,16,18H,8-9,11-12,15H2,1-3H3,(H,28,29). The fraction of sp³-hybridized carbons (Fsp3) is 0.417. The predicted molar refractivity (Wildman–Crippen MR) is 125 cm³/mol. The van der Waals surface area contributed by atoms with Crippen molar-refractivity contribution in [3.05, 3.63) is 53.9 Å². The summed E-state index contributed by atoms with van der Waals surface area (Å²) >= 11 is 0. The third-order valence-electron chi connectivity index (χ3n) is 6.00. The molecule has 1 fully saturated rings. The highest BCUT2D eigenvalue weighted by Gasteiger charge is 2.32. The maximum absolute atomic E-state index is 13.3. The van der Waals surface area contributed by atoms with Gasteiger partial charge in [-0.1, -0.05) is 0 Å². The van der Waals surface area contributed by atoms with Crippen LogP contribution in [0.5, 0.6) is 5.75 Å². The molecule has 0 amide bonds. The molecule has 0 atom stereocenters. The minimum absolute atomic E-state index is 0.0162. The molecule has 33 heavy (non-hydrogen) atoms. The number of nitrogens with zero attached hydrogens (tertiary/aromatic N) is 3. The molecule has 1 N–H and O–H groups in total. The van der Waals surface area contributed by atoms with E-state index in [1.165, 1.54) is 0 Å². The maximum Gasteiger partial charge on any atom is 0.323 e. The quantitative estimate of drug-likeness (QED) is 0.563. The number of ether oxygens (including phenoxy) is 1. The lowest BCUT2D eigenvalue weighted by Gasteiger charge is -2.31. The summed E-state index contributed by atoms with van der Waals surface area (Å²) in [5.41, 5.74) is 2.34. The van der Waals surface area contributed by atoms with Gasteiger partial charge in [0.25, 0.3) is 0 Å². The van der Waals surface area contributed by atoms with Crippen LogP contribution in [0, 0.1) is 6.92 Å². The van der Waals surface area contributed by atoms with Crippen LogP contribution in [-0.4, -0.2) is 52.5 Å². The number of sulfonamides is 1. The number of carboxylic acid groups (broad SMARTS) is 1. The van der Waals surface area contributed by atoms with E-state index >= 15 is 0 Å². The van der Waals surface area contributed by atoms with Gasteiger partial charge >= 0.3 is 5.97 Å². The largest absolute Gasteiger partial charge is 0.491 e. The molecule has 2 aromatic heterocycles. The predicted octanol–water partition coefficient (Wildman–Crippen LogP) is 3.78. The molecule has 0 aliphatic carbocycles. The van der Waals surface area contributed by atoms with Crippen LogP contribution < -0.4 is 4.74 Å². The molecule has 0 bridgehead atoms. The van der Waals surface area contributed by atoms with Crippen LogP contribution in [0.25, 0.3) is 11.0 Å². The van der Waals surface area contributed by atoms with E-state index in [1.807, 2.05) is 32.2 Å². The molecule has 3 aromatic rings. The van der Waals surface area contributed by atoms with Crippen molar-refractivity contribution in [2.45, 2.75) is 57.1 Å². The second-order valence-corrected chi connectivity index (χ2v) is 10.7. The van der Waals surface area contributed by atoms with Gasteiger partial charge in [-0.3, -0.25) is 4.79 Å². The number of benzene rings is 1. The number of hydrogen-bond donors (Lipinski definition) is 1. The van der Waals surface area contributed by atoms with Gasteiger partial charge in [0.05, 0.1) is 11.0 Å². The van der Waals surface area contributed by atoms with Crippen LogP contribution >= 0.6 is 0 Å². The molecule has 0 saturated carbocycles. The van der Waals surface area contributed by atoms with Crippen molar-refractivity contribution in [1.82, 2.24) is 13.9 Å². The fourth-order valence-corrected chi connectivity index (χ4v) is 6.22. The van der Waals surface area contributed by atoms with Crippen LogP contribution in [0.3, 0.4) is 0 Å². The summed E-state index contributed by atoms with van der Waals surface area (Å²) in [4.78, 5) is 15.9. The van der Waals surface area contributed by atoms with Crippen molar-refractivity contribution in [3.8, 4) is 5.75 Å². The molecule has 9 heteroatoms. The monoisotopic (exact) mass is 471 g/mol. The molecule has 1 aliphatic rings. The van der Waals surface area contributed by atoms with Gasteiger partial charge in [-0.2, -0.15) is 4.31 Å². The summed E-state index contributed by atoms with van der Waals surface area (Å²) in [6.07, 6.45) is 4.85. The third kappa shape index (κ3) is 4.74. The Labute approximate surface area is 193 Å². The SMILES string of the molecule is Cc1cc(OC(C)C)ccc1S(=O)(=O)N1CCC(c2cn(CC(=O)O)c3ncccc23)CC1. The summed E-state index contributed by atoms with van der Waals surface area (Å²) in [6, 6.07) is 8.88. The van der Waals surface area contributed by atoms with Gasteiger partial charge in [-0.25, -0.2) is 13.4 Å². The van der Waals surface area contributed by atoms with Crippen molar-refractivity contribution in [1.29, 1.82) is 0 Å². The number of carbonyl (C=O) groups is 1. The molecule has 3 heterocycles. The Morgan fingerprint density at radius 2 is 1.97 bits per heavy atom. The van der Waals surface area contributed by atoms with Crippen molar-refractivity contribution >= 4 is 27.0 Å². The summed E-state index contributed by atoms with van der Waals surface area (Å²) < 4.78 is 35.5. The van der Waals surface area contributed by atoms with Crippen LogP contribution in [0.1, 0.15) is 43.7 Å². The third-order valence-corrected chi connectivity index (χ3v) is 8.06. The zero-order valence-electron chi connectivity index (χ0n) is 19.1. The summed E-state index contributed by atoms with van der Waals surface area (Å²) in [5.74, 6) is -0.127. The first kappa shape index (κ1) is 23.3. The molecule has 1 saturated heterocycles. The van der Waals surface area contributed by atoms with Gasteiger partial charge in [-0.15, -0.1) is 0 Å². The molecule has 4 rings (SSSR count). The van der Waals surface area contributed by atoms with Crippen molar-refractivity contribution in [2.75, 3.05) is 13.1 Å². The lowest BCUT2D eigenvalue weighted by Crippen LogP contribution is -2.38. The van der Waals surface area contributed by atoms with Crippen molar-refractivity contribution in [2.24, 2.45) is 0 Å². The van der Waals surface area contributed by atoms with Gasteiger partial charge in [0, 0.05) is 30.9 Å². The summed E-state index contributed by atoms with van der Waals surface area (Å²) in [5, 5.41) is 10.2. The lowest BCUT2D eigenvalue weighted by atomic mass is 9.90. The van der Waals surface area contributed by atoms with E-state index in [1.54, 1.807) is 40.2 Å². The van der Waals surface area contributed by atoms with Crippen LogP contribution in [-0.2, 0) is 21.4 Å². The second-order valence-electron chi connectivity index (χ2n) is 8.75. The number of aromatic nitrogens is 2. The Hall–Kier alpha value is -2.91. The smallest absolute Gasteiger partial charge is 0.323 e. The van der Waals surface area contributed by atoms with Crippen LogP contribution in [0.15, 0.2) is 47.6 Å². The van der Waals surface area contributed by atoms with E-state index in [0.717, 1.165) is 10.9 Å². The molecule has 1 aromatic carbocycles. The topological polar surface area (TPSA) is 102 Å². The molecule has 1 aliphatic heterocycles. The van der Waals surface area contributed by atoms with Gasteiger partial charge in [0.15, 0.2) is 0 Å². The molecule has 0 unspecified atom stereocenters. The first-order chi connectivity index (χ1) is 15.7. The molecular weight excluding hydrogens is 442 g/mol. The molecule has 0 spiro atoms. The Morgan fingerprint density at radius 1 is 1.24 bits per heavy atom. The highest BCUT2D eigenvalue weighted by atomic mass is 32.2. The van der Waals surface area contributed by atoms with E-state index in [2.05, 4.69) is 4.98 Å². The Bertz CT molecular complexity index is 1270. The second kappa shape index (κ2) is 9.15. The Kier molecular flexibility index (Phi) is 6.45. The normalized spacial score (nSPS) is 15.9. The highest BCUT2D eigenvalue weighted by molar-refractivity contribution is 7.89. The van der Waals surface area contributed by atoms with Gasteiger partial charge in [-0.05, 0) is 81.0 Å². The van der Waals surface area contributed by atoms with Crippen molar-refractivity contribution in [3.63, 3.8) is 0 Å². The van der Waals surface area contributed by atoms with E-state index in [9.17, 15) is 18.3 Å². The maximum atomic E-state index is 13.3. The number of piperidine rings is 1. The number of fused-ring (bicyclic) bond motifs is 1. The van der Waals surface area contributed by atoms with E-state index in [-0.39, 0.29) is 18.6 Å². The van der Waals surface area contributed by atoms with E-state index in [0.29, 0.717) is 47.8 Å². The van der Waals surface area contributed by atoms with E-state index in [4.69, 9.17) is 4.74 Å². The van der Waals surface area contributed by atoms with Crippen LogP contribution in [0.2, 0.25) is 0 Å². The number of hydrogen-bond acceptors (Lipinski definition) is 5. The minimum Gasteiger partial charge on any atom is -0.491 e. The van der Waals surface area contributed by atoms with Gasteiger partial charge < -0.3 is 14.4 Å². The average Bonchev–Trinajstić information content (AvgIpc) is 3.11. The Balaban J connectivity index is 1.53.